The van der Waals surface area contributed by atoms with Crippen molar-refractivity contribution in [1.29, 1.82) is 0 Å². The molecule has 3 rings (SSSR count). The zero-order valence-electron chi connectivity index (χ0n) is 17.5. The highest BCUT2D eigenvalue weighted by atomic mass is 127. The van der Waals surface area contributed by atoms with E-state index in [-0.39, 0.29) is 24.0 Å². The van der Waals surface area contributed by atoms with Gasteiger partial charge in [-0.25, -0.2) is 4.98 Å². The Balaban J connectivity index is 0.00000300. The molecule has 2 aromatic rings. The van der Waals surface area contributed by atoms with Crippen molar-refractivity contribution in [2.45, 2.75) is 32.2 Å². The molecular weight excluding hydrogens is 497 g/mol. The van der Waals surface area contributed by atoms with Crippen LogP contribution in [0.2, 0.25) is 0 Å². The summed E-state index contributed by atoms with van der Waals surface area (Å²) in [7, 11) is 3.54. The van der Waals surface area contributed by atoms with Crippen LogP contribution in [0.4, 0.5) is 0 Å². The van der Waals surface area contributed by atoms with E-state index >= 15 is 0 Å². The lowest BCUT2D eigenvalue weighted by molar-refractivity contribution is 0.245. The zero-order valence-corrected chi connectivity index (χ0v) is 20.6. The Kier molecular flexibility index (Phi) is 10.2. The van der Waals surface area contributed by atoms with Crippen LogP contribution < -0.4 is 15.4 Å². The summed E-state index contributed by atoms with van der Waals surface area (Å²) in [6.45, 7) is 5.99. The molecule has 1 saturated heterocycles. The van der Waals surface area contributed by atoms with Crippen LogP contribution in [0, 0.1) is 6.92 Å². The van der Waals surface area contributed by atoms with E-state index in [9.17, 15) is 0 Å². The van der Waals surface area contributed by atoms with E-state index in [0.29, 0.717) is 6.04 Å². The van der Waals surface area contributed by atoms with Crippen LogP contribution >= 0.6 is 35.3 Å². The number of hydrogen-bond donors (Lipinski definition) is 2. The van der Waals surface area contributed by atoms with E-state index in [2.05, 4.69) is 50.6 Å². The third-order valence-electron chi connectivity index (χ3n) is 5.05. The molecule has 0 aliphatic carbocycles. The molecule has 0 bridgehead atoms. The van der Waals surface area contributed by atoms with E-state index in [0.717, 1.165) is 49.3 Å². The van der Waals surface area contributed by atoms with E-state index in [1.807, 2.05) is 19.3 Å². The van der Waals surface area contributed by atoms with Crippen LogP contribution in [-0.2, 0) is 6.42 Å². The molecule has 6 nitrogen and oxygen atoms in total. The lowest BCUT2D eigenvalue weighted by Gasteiger charge is -2.29. The fourth-order valence-electron chi connectivity index (χ4n) is 3.58. The molecule has 0 radical (unpaired) electrons. The predicted molar refractivity (Wildman–Crippen MR) is 132 cm³/mol. The van der Waals surface area contributed by atoms with Gasteiger partial charge in [0.1, 0.15) is 5.75 Å². The Bertz CT molecular complexity index is 776. The number of benzene rings is 1. The number of hydrogen-bond acceptors (Lipinski definition) is 5. The van der Waals surface area contributed by atoms with Gasteiger partial charge < -0.3 is 15.4 Å². The maximum Gasteiger partial charge on any atom is 0.191 e. The maximum atomic E-state index is 5.43. The highest BCUT2D eigenvalue weighted by Gasteiger charge is 2.24. The minimum Gasteiger partial charge on any atom is -0.497 e. The number of rotatable bonds is 8. The number of methoxy groups -OCH3 is 1. The van der Waals surface area contributed by atoms with Crippen molar-refractivity contribution in [1.82, 2.24) is 20.5 Å². The van der Waals surface area contributed by atoms with Gasteiger partial charge in [-0.1, -0.05) is 12.1 Å². The Labute approximate surface area is 195 Å². The molecule has 1 aromatic heterocycles. The van der Waals surface area contributed by atoms with Gasteiger partial charge in [0.2, 0.25) is 0 Å². The molecule has 1 aromatic carbocycles. The summed E-state index contributed by atoms with van der Waals surface area (Å²) in [5.74, 6) is 1.74. The molecule has 0 amide bonds. The molecule has 8 heteroatoms. The maximum absolute atomic E-state index is 5.43. The molecule has 160 valence electrons. The Morgan fingerprint density at radius 2 is 2.10 bits per heavy atom. The largest absolute Gasteiger partial charge is 0.497 e. The monoisotopic (exact) mass is 529 g/mol. The van der Waals surface area contributed by atoms with Gasteiger partial charge >= 0.3 is 0 Å². The first-order chi connectivity index (χ1) is 13.7. The molecule has 1 atom stereocenters. The average molecular weight is 529 g/mol. The number of aliphatic imine (C=N–C) groups is 1. The van der Waals surface area contributed by atoms with Crippen LogP contribution in [0.1, 0.15) is 34.3 Å². The van der Waals surface area contributed by atoms with Crippen molar-refractivity contribution in [3.05, 3.63) is 45.9 Å². The summed E-state index contributed by atoms with van der Waals surface area (Å²) in [6, 6.07) is 8.71. The van der Waals surface area contributed by atoms with Crippen LogP contribution in [0.5, 0.6) is 5.75 Å². The van der Waals surface area contributed by atoms with Crippen molar-refractivity contribution in [3.63, 3.8) is 0 Å². The number of guanidine groups is 1. The first kappa shape index (κ1) is 23.9. The molecule has 0 spiro atoms. The first-order valence-corrected chi connectivity index (χ1v) is 10.7. The molecule has 1 fully saturated rings. The summed E-state index contributed by atoms with van der Waals surface area (Å²) in [4.78, 5) is 12.6. The molecular formula is C21H32IN5OS. The average Bonchev–Trinajstić information content (AvgIpc) is 3.39. The van der Waals surface area contributed by atoms with E-state index in [1.54, 1.807) is 18.4 Å². The summed E-state index contributed by atoms with van der Waals surface area (Å²) < 4.78 is 5.43. The smallest absolute Gasteiger partial charge is 0.191 e. The summed E-state index contributed by atoms with van der Waals surface area (Å²) in [5, 5.41) is 8.08. The summed E-state index contributed by atoms with van der Waals surface area (Å²) in [5.41, 5.74) is 1.28. The van der Waals surface area contributed by atoms with Crippen molar-refractivity contribution < 1.29 is 4.74 Å². The number of nitrogens with one attached hydrogen (secondary N) is 2. The third-order valence-corrected chi connectivity index (χ3v) is 6.02. The van der Waals surface area contributed by atoms with Crippen molar-refractivity contribution in [2.24, 2.45) is 4.99 Å². The van der Waals surface area contributed by atoms with Crippen molar-refractivity contribution in [3.8, 4) is 5.75 Å². The summed E-state index contributed by atoms with van der Waals surface area (Å²) in [6.07, 6.45) is 5.37. The van der Waals surface area contributed by atoms with Gasteiger partial charge in [-0.2, -0.15) is 0 Å². The number of ether oxygens (including phenoxy) is 1. The highest BCUT2D eigenvalue weighted by molar-refractivity contribution is 14.0. The van der Waals surface area contributed by atoms with E-state index in [4.69, 9.17) is 4.74 Å². The van der Waals surface area contributed by atoms with Crippen LogP contribution in [0.3, 0.4) is 0 Å². The Morgan fingerprint density at radius 3 is 2.76 bits per heavy atom. The van der Waals surface area contributed by atoms with Gasteiger partial charge in [0.15, 0.2) is 5.96 Å². The topological polar surface area (TPSA) is 61.8 Å². The van der Waals surface area contributed by atoms with E-state index in [1.165, 1.54) is 23.3 Å². The number of halogens is 1. The van der Waals surface area contributed by atoms with Crippen LogP contribution in [-0.4, -0.2) is 56.2 Å². The van der Waals surface area contributed by atoms with Gasteiger partial charge in [0.05, 0.1) is 18.2 Å². The van der Waals surface area contributed by atoms with Crippen molar-refractivity contribution >= 4 is 41.3 Å². The van der Waals surface area contributed by atoms with Crippen LogP contribution in [0.15, 0.2) is 35.5 Å². The number of thiazole rings is 1. The fourth-order valence-corrected chi connectivity index (χ4v) is 4.37. The number of aromatic nitrogens is 1. The quantitative estimate of drug-likeness (QED) is 0.311. The lowest BCUT2D eigenvalue weighted by Crippen LogP contribution is -2.43. The Hall–Kier alpha value is -1.39. The van der Waals surface area contributed by atoms with Gasteiger partial charge in [-0.05, 0) is 50.6 Å². The second-order valence-corrected chi connectivity index (χ2v) is 8.35. The number of likely N-dealkylation sites (tertiary alicyclic amines) is 1. The second-order valence-electron chi connectivity index (χ2n) is 7.03. The molecule has 1 unspecified atom stereocenters. The number of nitrogens with zero attached hydrogens (tertiary/aromatic N) is 3. The third kappa shape index (κ3) is 7.11. The summed E-state index contributed by atoms with van der Waals surface area (Å²) >= 11 is 1.75. The molecule has 1 aliphatic heterocycles. The number of aryl methyl sites for hydroxylation is 1. The van der Waals surface area contributed by atoms with Gasteiger partial charge in [-0.3, -0.25) is 9.89 Å². The SMILES string of the molecule is CN=C(NCCc1ncc(C)s1)NCC(c1cccc(OC)c1)N1CCCC1.I. The normalized spacial score (nSPS) is 15.6. The Morgan fingerprint density at radius 1 is 1.31 bits per heavy atom. The van der Waals surface area contributed by atoms with Gasteiger partial charge in [0.25, 0.3) is 0 Å². The highest BCUT2D eigenvalue weighted by Crippen LogP contribution is 2.27. The molecule has 0 saturated carbocycles. The van der Waals surface area contributed by atoms with Crippen LogP contribution in [0.25, 0.3) is 0 Å². The standard InChI is InChI=1S/C21H31N5OS.HI/c1-16-14-24-20(28-16)9-10-23-21(22-2)25-15-19(26-11-4-5-12-26)17-7-6-8-18(13-17)27-3;/h6-8,13-14,19H,4-5,9-12,15H2,1-3H3,(H2,22,23,25);1H. The minimum absolute atomic E-state index is 0. The fraction of sp³-hybridized carbons (Fsp3) is 0.524. The zero-order chi connectivity index (χ0) is 19.8. The second kappa shape index (κ2) is 12.3. The predicted octanol–water partition coefficient (Wildman–Crippen LogP) is 3.62. The molecule has 29 heavy (non-hydrogen) atoms. The first-order valence-electron chi connectivity index (χ1n) is 9.93. The molecule has 1 aliphatic rings. The lowest BCUT2D eigenvalue weighted by atomic mass is 10.1. The van der Waals surface area contributed by atoms with Gasteiger partial charge in [-0.15, -0.1) is 35.3 Å². The van der Waals surface area contributed by atoms with Crippen molar-refractivity contribution in [2.75, 3.05) is 40.3 Å². The van der Waals surface area contributed by atoms with E-state index < -0.39 is 0 Å². The molecule has 2 N–H and O–H groups in total. The van der Waals surface area contributed by atoms with Gasteiger partial charge in [0, 0.05) is 37.6 Å². The minimum atomic E-state index is 0. The molecule has 2 heterocycles.